The minimum atomic E-state index is 1.07. The van der Waals surface area contributed by atoms with Gasteiger partial charge < -0.3 is 0 Å². The van der Waals surface area contributed by atoms with Gasteiger partial charge in [-0.05, 0) is 58.3 Å². The van der Waals surface area contributed by atoms with Crippen molar-refractivity contribution in [3.63, 3.8) is 0 Å². The molecule has 0 aliphatic heterocycles. The second kappa shape index (κ2) is 5.49. The second-order valence-corrected chi connectivity index (χ2v) is 7.64. The van der Waals surface area contributed by atoms with Crippen molar-refractivity contribution < 1.29 is 4.57 Å². The van der Waals surface area contributed by atoms with Crippen molar-refractivity contribution in [1.82, 2.24) is 4.98 Å². The molecule has 2 heteroatoms. The number of rotatable bonds is 1. The number of hydrogen-bond acceptors (Lipinski definition) is 1. The minimum Gasteiger partial charge on any atom is -0.256 e. The Bertz CT molecular complexity index is 1530. The molecule has 2 nitrogen and oxygen atoms in total. The van der Waals surface area contributed by atoms with E-state index in [1.165, 1.54) is 54.5 Å². The second-order valence-electron chi connectivity index (χ2n) is 7.64. The van der Waals surface area contributed by atoms with Crippen LogP contribution in [-0.2, 0) is 7.05 Å². The fourth-order valence-electron chi connectivity index (χ4n) is 4.69. The highest BCUT2D eigenvalue weighted by Gasteiger charge is 2.17. The zero-order valence-corrected chi connectivity index (χ0v) is 15.9. The molecule has 0 unspecified atom stereocenters. The summed E-state index contributed by atoms with van der Waals surface area (Å²) in [6.07, 6.45) is 4.11. The van der Waals surface area contributed by atoms with Gasteiger partial charge in [0, 0.05) is 40.1 Å². The van der Waals surface area contributed by atoms with E-state index in [1.807, 2.05) is 6.20 Å². The first kappa shape index (κ1) is 15.5. The zero-order chi connectivity index (χ0) is 18.8. The number of benzene rings is 4. The standard InChI is InChI=1S/C26H19N2/c1-16-13-21-19-9-6-10-23-26(19)25-17(15-27-23)7-5-8-18(25)22(21)14-20(16)24-11-3-4-12-28(24)2/h3-15H,1-2H3/q+1. The van der Waals surface area contributed by atoms with Crippen molar-refractivity contribution in [2.24, 2.45) is 7.05 Å². The predicted molar refractivity (Wildman–Crippen MR) is 117 cm³/mol. The van der Waals surface area contributed by atoms with Crippen molar-refractivity contribution >= 4 is 43.2 Å². The first-order chi connectivity index (χ1) is 13.7. The molecule has 2 aromatic heterocycles. The van der Waals surface area contributed by atoms with Gasteiger partial charge in [0.05, 0.1) is 5.52 Å². The quantitative estimate of drug-likeness (QED) is 0.202. The van der Waals surface area contributed by atoms with E-state index in [0.717, 1.165) is 5.52 Å². The Morgan fingerprint density at radius 1 is 0.750 bits per heavy atom. The zero-order valence-electron chi connectivity index (χ0n) is 15.9. The Balaban J connectivity index is 1.88. The molecule has 0 saturated carbocycles. The summed E-state index contributed by atoms with van der Waals surface area (Å²) in [5, 5.41) is 9.01. The molecule has 2 heterocycles. The van der Waals surface area contributed by atoms with E-state index in [-0.39, 0.29) is 0 Å². The van der Waals surface area contributed by atoms with Crippen LogP contribution in [0, 0.1) is 6.92 Å². The van der Waals surface area contributed by atoms with Crippen LogP contribution in [0.1, 0.15) is 5.56 Å². The lowest BCUT2D eigenvalue weighted by molar-refractivity contribution is -0.660. The van der Waals surface area contributed by atoms with E-state index in [1.54, 1.807) is 0 Å². The molecule has 0 amide bonds. The molecule has 0 aliphatic rings. The van der Waals surface area contributed by atoms with Crippen molar-refractivity contribution in [3.05, 3.63) is 84.7 Å². The molecule has 0 N–H and O–H groups in total. The average Bonchev–Trinajstić information content (AvgIpc) is 2.73. The Labute approximate surface area is 163 Å². The Kier molecular flexibility index (Phi) is 3.05. The first-order valence-electron chi connectivity index (χ1n) is 9.63. The lowest BCUT2D eigenvalue weighted by atomic mass is 9.89. The van der Waals surface area contributed by atoms with Crippen LogP contribution in [0.3, 0.4) is 0 Å². The van der Waals surface area contributed by atoms with Crippen molar-refractivity contribution in [2.75, 3.05) is 0 Å². The van der Waals surface area contributed by atoms with Crippen LogP contribution >= 0.6 is 0 Å². The van der Waals surface area contributed by atoms with Crippen LogP contribution in [0.2, 0.25) is 0 Å². The highest BCUT2D eigenvalue weighted by atomic mass is 14.9. The molecular weight excluding hydrogens is 340 g/mol. The first-order valence-corrected chi connectivity index (χ1v) is 9.63. The van der Waals surface area contributed by atoms with Crippen LogP contribution in [0.15, 0.2) is 79.1 Å². The van der Waals surface area contributed by atoms with E-state index < -0.39 is 0 Å². The van der Waals surface area contributed by atoms with Gasteiger partial charge in [-0.1, -0.05) is 30.3 Å². The van der Waals surface area contributed by atoms with Gasteiger partial charge in [0.2, 0.25) is 5.69 Å². The van der Waals surface area contributed by atoms with Gasteiger partial charge in [0.15, 0.2) is 6.20 Å². The van der Waals surface area contributed by atoms with Gasteiger partial charge >= 0.3 is 0 Å². The lowest BCUT2D eigenvalue weighted by Crippen LogP contribution is -2.30. The molecule has 0 radical (unpaired) electrons. The number of fused-ring (bicyclic) bond motifs is 3. The van der Waals surface area contributed by atoms with Crippen molar-refractivity contribution in [2.45, 2.75) is 6.92 Å². The Hall–Kier alpha value is -3.52. The maximum atomic E-state index is 4.71. The molecule has 6 rings (SSSR count). The summed E-state index contributed by atoms with van der Waals surface area (Å²) in [6, 6.07) is 24.1. The normalized spacial score (nSPS) is 11.9. The molecule has 6 aromatic rings. The van der Waals surface area contributed by atoms with Gasteiger partial charge in [0.25, 0.3) is 0 Å². The summed E-state index contributed by atoms with van der Waals surface area (Å²) in [5.41, 5.74) is 4.87. The number of pyridine rings is 2. The van der Waals surface area contributed by atoms with Gasteiger partial charge in [-0.3, -0.25) is 4.98 Å². The third-order valence-electron chi connectivity index (χ3n) is 6.01. The lowest BCUT2D eigenvalue weighted by Gasteiger charge is -2.15. The monoisotopic (exact) mass is 359 g/mol. The molecule has 28 heavy (non-hydrogen) atoms. The van der Waals surface area contributed by atoms with E-state index in [0.29, 0.717) is 0 Å². The third kappa shape index (κ3) is 1.97. The van der Waals surface area contributed by atoms with Gasteiger partial charge in [0.1, 0.15) is 7.05 Å². The minimum absolute atomic E-state index is 1.07. The summed E-state index contributed by atoms with van der Waals surface area (Å²) < 4.78 is 2.19. The van der Waals surface area contributed by atoms with Crippen LogP contribution in [0.5, 0.6) is 0 Å². The maximum absolute atomic E-state index is 4.71. The van der Waals surface area contributed by atoms with Gasteiger partial charge in [-0.15, -0.1) is 0 Å². The molecule has 0 bridgehead atoms. The fourth-order valence-corrected chi connectivity index (χ4v) is 4.69. The molecule has 0 fully saturated rings. The molecule has 0 spiro atoms. The summed E-state index contributed by atoms with van der Waals surface area (Å²) >= 11 is 0. The molecule has 0 aliphatic carbocycles. The van der Waals surface area contributed by atoms with Crippen molar-refractivity contribution in [1.29, 1.82) is 0 Å². The number of aryl methyl sites for hydroxylation is 2. The molecule has 4 aromatic carbocycles. The summed E-state index contributed by atoms with van der Waals surface area (Å²) in [5.74, 6) is 0. The highest BCUT2D eigenvalue weighted by molar-refractivity contribution is 6.33. The highest BCUT2D eigenvalue weighted by Crippen LogP contribution is 2.41. The topological polar surface area (TPSA) is 16.8 Å². The van der Waals surface area contributed by atoms with Crippen LogP contribution in [0.4, 0.5) is 0 Å². The summed E-state index contributed by atoms with van der Waals surface area (Å²) in [6.45, 7) is 2.21. The molecule has 0 saturated heterocycles. The fraction of sp³-hybridized carbons (Fsp3) is 0.0769. The largest absolute Gasteiger partial charge is 0.256 e. The van der Waals surface area contributed by atoms with Crippen LogP contribution < -0.4 is 4.57 Å². The SMILES string of the molecule is Cc1cc2c(cc1-c1cccc[n+]1C)c1cccc3cnc4cccc2c4c31. The number of nitrogens with zero attached hydrogens (tertiary/aromatic N) is 2. The smallest absolute Gasteiger partial charge is 0.212 e. The predicted octanol–water partition coefficient (Wildman–Crippen LogP) is 5.93. The van der Waals surface area contributed by atoms with Crippen LogP contribution in [-0.4, -0.2) is 4.98 Å². The van der Waals surface area contributed by atoms with E-state index in [4.69, 9.17) is 4.98 Å². The maximum Gasteiger partial charge on any atom is 0.212 e. The molecule has 132 valence electrons. The third-order valence-corrected chi connectivity index (χ3v) is 6.01. The van der Waals surface area contributed by atoms with Gasteiger partial charge in [-0.2, -0.15) is 0 Å². The van der Waals surface area contributed by atoms with Gasteiger partial charge in [-0.25, -0.2) is 4.57 Å². The van der Waals surface area contributed by atoms with Crippen molar-refractivity contribution in [3.8, 4) is 11.3 Å². The van der Waals surface area contributed by atoms with E-state index in [2.05, 4.69) is 91.5 Å². The Morgan fingerprint density at radius 2 is 1.54 bits per heavy atom. The van der Waals surface area contributed by atoms with E-state index >= 15 is 0 Å². The average molecular weight is 359 g/mol. The number of hydrogen-bond donors (Lipinski definition) is 0. The Morgan fingerprint density at radius 3 is 2.39 bits per heavy atom. The molecule has 0 atom stereocenters. The summed E-state index contributed by atoms with van der Waals surface area (Å²) in [4.78, 5) is 4.71. The van der Waals surface area contributed by atoms with Crippen LogP contribution in [0.25, 0.3) is 54.5 Å². The molecular formula is C26H19N2+. The number of aromatic nitrogens is 2. The van der Waals surface area contributed by atoms with E-state index in [9.17, 15) is 0 Å². The summed E-state index contributed by atoms with van der Waals surface area (Å²) in [7, 11) is 2.11.